The quantitative estimate of drug-likeness (QED) is 0.883. The predicted molar refractivity (Wildman–Crippen MR) is 64.3 cm³/mol. The highest BCUT2D eigenvalue weighted by atomic mass is 32.2. The molecule has 80 valence electrons. The second-order valence-corrected chi connectivity index (χ2v) is 5.18. The summed E-state index contributed by atoms with van der Waals surface area (Å²) in [6, 6.07) is 5.44. The minimum absolute atomic E-state index is 0.262. The lowest BCUT2D eigenvalue weighted by Crippen LogP contribution is -1.94. The van der Waals surface area contributed by atoms with Crippen LogP contribution in [-0.4, -0.2) is 9.97 Å². The number of anilines is 1. The third-order valence-electron chi connectivity index (χ3n) is 1.80. The third-order valence-corrected chi connectivity index (χ3v) is 3.79. The first-order valence-corrected chi connectivity index (χ1v) is 6.15. The van der Waals surface area contributed by atoms with Crippen LogP contribution in [0.1, 0.15) is 11.4 Å². The molecule has 4 nitrogen and oxygen atoms in total. The van der Waals surface area contributed by atoms with E-state index in [-0.39, 0.29) is 5.69 Å². The van der Waals surface area contributed by atoms with Crippen molar-refractivity contribution in [2.45, 2.75) is 16.3 Å². The number of hydrogen-bond acceptors (Lipinski definition) is 6. The molecule has 2 aromatic heterocycles. The summed E-state index contributed by atoms with van der Waals surface area (Å²) in [6.07, 6.45) is 0. The molecule has 6 heteroatoms. The molecule has 0 aromatic carbocycles. The first-order chi connectivity index (χ1) is 7.69. The van der Waals surface area contributed by atoms with Crippen molar-refractivity contribution in [3.8, 4) is 6.07 Å². The second-order valence-electron chi connectivity index (χ2n) is 3.06. The van der Waals surface area contributed by atoms with Gasteiger partial charge in [-0.25, -0.2) is 9.97 Å². The number of aromatic nitrogens is 2. The fourth-order valence-corrected chi connectivity index (χ4v) is 2.82. The molecule has 0 amide bonds. The van der Waals surface area contributed by atoms with Crippen molar-refractivity contribution in [3.05, 3.63) is 28.9 Å². The first kappa shape index (κ1) is 10.9. The molecule has 0 aliphatic rings. The van der Waals surface area contributed by atoms with Gasteiger partial charge < -0.3 is 5.73 Å². The Hall–Kier alpha value is -1.58. The molecular weight excluding hydrogens is 240 g/mol. The van der Waals surface area contributed by atoms with E-state index in [4.69, 9.17) is 11.0 Å². The number of pyridine rings is 1. The van der Waals surface area contributed by atoms with E-state index in [0.29, 0.717) is 5.69 Å². The second kappa shape index (κ2) is 4.51. The smallest absolute Gasteiger partial charge is 0.164 e. The molecule has 2 rings (SSSR count). The van der Waals surface area contributed by atoms with Gasteiger partial charge in [-0.1, -0.05) is 0 Å². The minimum atomic E-state index is 0.262. The van der Waals surface area contributed by atoms with Gasteiger partial charge in [0.25, 0.3) is 0 Å². The van der Waals surface area contributed by atoms with E-state index in [1.54, 1.807) is 23.5 Å². The zero-order valence-electron chi connectivity index (χ0n) is 8.47. The van der Waals surface area contributed by atoms with Crippen molar-refractivity contribution in [2.75, 3.05) is 5.73 Å². The Bertz CT molecular complexity index is 556. The van der Waals surface area contributed by atoms with Gasteiger partial charge in [0, 0.05) is 11.1 Å². The molecule has 0 fully saturated rings. The average molecular weight is 248 g/mol. The van der Waals surface area contributed by atoms with Gasteiger partial charge in [0.05, 0.1) is 5.69 Å². The van der Waals surface area contributed by atoms with Crippen LogP contribution in [0.2, 0.25) is 0 Å². The van der Waals surface area contributed by atoms with E-state index in [2.05, 4.69) is 9.97 Å². The maximum Gasteiger partial charge on any atom is 0.164 e. The van der Waals surface area contributed by atoms with Gasteiger partial charge in [0.15, 0.2) is 10.0 Å². The van der Waals surface area contributed by atoms with Crippen molar-refractivity contribution in [3.63, 3.8) is 0 Å². The highest BCUT2D eigenvalue weighted by Gasteiger charge is 2.06. The van der Waals surface area contributed by atoms with Gasteiger partial charge in [-0.3, -0.25) is 0 Å². The lowest BCUT2D eigenvalue weighted by Gasteiger charge is -1.99. The molecule has 0 spiro atoms. The summed E-state index contributed by atoms with van der Waals surface area (Å²) in [6.45, 7) is 1.94. The normalized spacial score (nSPS) is 10.0. The van der Waals surface area contributed by atoms with E-state index in [0.717, 1.165) is 15.1 Å². The van der Waals surface area contributed by atoms with Gasteiger partial charge >= 0.3 is 0 Å². The van der Waals surface area contributed by atoms with E-state index < -0.39 is 0 Å². The maximum absolute atomic E-state index is 8.80. The van der Waals surface area contributed by atoms with Crippen LogP contribution in [0.5, 0.6) is 0 Å². The van der Waals surface area contributed by atoms with Gasteiger partial charge in [-0.2, -0.15) is 5.26 Å². The number of rotatable bonds is 2. The largest absolute Gasteiger partial charge is 0.396 e. The fourth-order valence-electron chi connectivity index (χ4n) is 1.07. The van der Waals surface area contributed by atoms with Gasteiger partial charge in [0.1, 0.15) is 11.1 Å². The lowest BCUT2D eigenvalue weighted by atomic mass is 10.3. The molecule has 0 aliphatic heterocycles. The summed E-state index contributed by atoms with van der Waals surface area (Å²) in [4.78, 5) is 8.45. The molecule has 0 radical (unpaired) electrons. The molecule has 0 saturated carbocycles. The monoisotopic (exact) mass is 248 g/mol. The summed E-state index contributed by atoms with van der Waals surface area (Å²) in [5.74, 6) is 0. The number of nitrogens with zero attached hydrogens (tertiary/aromatic N) is 3. The number of nitriles is 1. The highest BCUT2D eigenvalue weighted by Crippen LogP contribution is 2.29. The molecule has 2 aromatic rings. The molecule has 2 heterocycles. The SMILES string of the molecule is Cc1csc(Sc2ccc(N)c(C#N)n2)n1. The van der Waals surface area contributed by atoms with Crippen LogP contribution in [0.4, 0.5) is 5.69 Å². The number of aryl methyl sites for hydroxylation is 1. The van der Waals surface area contributed by atoms with E-state index in [1.807, 2.05) is 18.4 Å². The molecule has 0 atom stereocenters. The zero-order valence-corrected chi connectivity index (χ0v) is 10.1. The van der Waals surface area contributed by atoms with Crippen LogP contribution in [0.3, 0.4) is 0 Å². The van der Waals surface area contributed by atoms with Crippen LogP contribution in [-0.2, 0) is 0 Å². The fraction of sp³-hybridized carbons (Fsp3) is 0.100. The van der Waals surface area contributed by atoms with E-state index in [1.165, 1.54) is 11.8 Å². The maximum atomic E-state index is 8.80. The lowest BCUT2D eigenvalue weighted by molar-refractivity contribution is 1.09. The summed E-state index contributed by atoms with van der Waals surface area (Å²) in [5.41, 5.74) is 7.25. The van der Waals surface area contributed by atoms with Crippen molar-refractivity contribution >= 4 is 28.8 Å². The van der Waals surface area contributed by atoms with E-state index >= 15 is 0 Å². The molecule has 0 saturated heterocycles. The predicted octanol–water partition coefficient (Wildman–Crippen LogP) is 2.45. The number of hydrogen-bond donors (Lipinski definition) is 1. The molecule has 16 heavy (non-hydrogen) atoms. The zero-order chi connectivity index (χ0) is 11.5. The van der Waals surface area contributed by atoms with Crippen LogP contribution < -0.4 is 5.73 Å². The van der Waals surface area contributed by atoms with Crippen LogP contribution in [0.15, 0.2) is 26.9 Å². The Balaban J connectivity index is 2.26. The number of nitrogens with two attached hydrogens (primary N) is 1. The van der Waals surface area contributed by atoms with E-state index in [9.17, 15) is 0 Å². The number of nitrogen functional groups attached to an aromatic ring is 1. The topological polar surface area (TPSA) is 75.6 Å². The van der Waals surface area contributed by atoms with Gasteiger partial charge in [-0.15, -0.1) is 11.3 Å². The van der Waals surface area contributed by atoms with Crippen molar-refractivity contribution in [1.82, 2.24) is 9.97 Å². The summed E-state index contributed by atoms with van der Waals surface area (Å²) in [7, 11) is 0. The Morgan fingerprint density at radius 3 is 2.88 bits per heavy atom. The van der Waals surface area contributed by atoms with Crippen molar-refractivity contribution < 1.29 is 0 Å². The Morgan fingerprint density at radius 1 is 1.44 bits per heavy atom. The standard InChI is InChI=1S/C10H8N4S2/c1-6-5-15-10(13-6)16-9-3-2-7(12)8(4-11)14-9/h2-3,5H,12H2,1H3. The summed E-state index contributed by atoms with van der Waals surface area (Å²) in [5, 5.41) is 11.5. The van der Waals surface area contributed by atoms with Crippen LogP contribution in [0.25, 0.3) is 0 Å². The molecule has 0 bridgehead atoms. The third kappa shape index (κ3) is 2.32. The molecule has 0 unspecified atom stereocenters. The molecule has 0 aliphatic carbocycles. The number of thiazole rings is 1. The van der Waals surface area contributed by atoms with Crippen molar-refractivity contribution in [1.29, 1.82) is 5.26 Å². The summed E-state index contributed by atoms with van der Waals surface area (Å²) < 4.78 is 0.915. The Kier molecular flexibility index (Phi) is 3.08. The van der Waals surface area contributed by atoms with Crippen molar-refractivity contribution in [2.24, 2.45) is 0 Å². The highest BCUT2D eigenvalue weighted by molar-refractivity contribution is 8.01. The first-order valence-electron chi connectivity index (χ1n) is 4.45. The van der Waals surface area contributed by atoms with Crippen LogP contribution >= 0.6 is 23.1 Å². The summed E-state index contributed by atoms with van der Waals surface area (Å²) >= 11 is 3.00. The molecule has 2 N–H and O–H groups in total. The molecular formula is C10H8N4S2. The average Bonchev–Trinajstić information content (AvgIpc) is 2.67. The van der Waals surface area contributed by atoms with Crippen LogP contribution in [0, 0.1) is 18.3 Å². The minimum Gasteiger partial charge on any atom is -0.396 e. The Labute approximate surface area is 101 Å². The van der Waals surface area contributed by atoms with Gasteiger partial charge in [0.2, 0.25) is 0 Å². The van der Waals surface area contributed by atoms with Gasteiger partial charge in [-0.05, 0) is 30.8 Å². The Morgan fingerprint density at radius 2 is 2.25 bits per heavy atom.